The van der Waals surface area contributed by atoms with Crippen LogP contribution in [0.15, 0.2) is 24.3 Å². The van der Waals surface area contributed by atoms with E-state index < -0.39 is 4.92 Å². The summed E-state index contributed by atoms with van der Waals surface area (Å²) in [4.78, 5) is 24.6. The fourth-order valence-electron chi connectivity index (χ4n) is 3.36. The van der Waals surface area contributed by atoms with Crippen molar-refractivity contribution >= 4 is 24.0 Å². The summed E-state index contributed by atoms with van der Waals surface area (Å²) >= 11 is 0. The summed E-state index contributed by atoms with van der Waals surface area (Å²) in [6.45, 7) is 3.64. The maximum Gasteiger partial charge on any atom is 0.269 e. The molecule has 1 spiro atoms. The predicted molar refractivity (Wildman–Crippen MR) is 85.2 cm³/mol. The van der Waals surface area contributed by atoms with Crippen molar-refractivity contribution in [2.75, 3.05) is 26.2 Å². The van der Waals surface area contributed by atoms with Gasteiger partial charge >= 0.3 is 0 Å². The number of nitrogens with zero attached hydrogens (tertiary/aromatic N) is 2. The molecule has 2 fully saturated rings. The van der Waals surface area contributed by atoms with E-state index >= 15 is 0 Å². The standard InChI is InChI=1S/C15H19N3O3.ClH/c19-14(9-12-2-1-3-13(8-12)18(20)21)17-7-5-15(11-17)4-6-16-10-15;/h1-3,8,16H,4-7,9-11H2;1H. The van der Waals surface area contributed by atoms with Gasteiger partial charge in [-0.2, -0.15) is 0 Å². The molecule has 0 radical (unpaired) electrons. The lowest BCUT2D eigenvalue weighted by atomic mass is 9.86. The molecule has 22 heavy (non-hydrogen) atoms. The molecule has 0 saturated carbocycles. The largest absolute Gasteiger partial charge is 0.342 e. The monoisotopic (exact) mass is 325 g/mol. The van der Waals surface area contributed by atoms with Crippen molar-refractivity contribution in [2.24, 2.45) is 5.41 Å². The van der Waals surface area contributed by atoms with Gasteiger partial charge in [0.2, 0.25) is 5.91 Å². The fourth-order valence-corrected chi connectivity index (χ4v) is 3.36. The van der Waals surface area contributed by atoms with Gasteiger partial charge in [-0.1, -0.05) is 12.1 Å². The number of benzene rings is 1. The Bertz CT molecular complexity index is 573. The average Bonchev–Trinajstić information content (AvgIpc) is 3.10. The molecular weight excluding hydrogens is 306 g/mol. The Hall–Kier alpha value is -1.66. The van der Waals surface area contributed by atoms with Gasteiger partial charge in [0.1, 0.15) is 0 Å². The Morgan fingerprint density at radius 3 is 2.91 bits per heavy atom. The van der Waals surface area contributed by atoms with Crippen LogP contribution < -0.4 is 5.32 Å². The van der Waals surface area contributed by atoms with Gasteiger partial charge in [0.15, 0.2) is 0 Å². The van der Waals surface area contributed by atoms with Crippen LogP contribution in [0.3, 0.4) is 0 Å². The van der Waals surface area contributed by atoms with Crippen LogP contribution in [0.25, 0.3) is 0 Å². The highest BCUT2D eigenvalue weighted by Crippen LogP contribution is 2.36. The van der Waals surface area contributed by atoms with E-state index in [-0.39, 0.29) is 35.8 Å². The first-order valence-electron chi connectivity index (χ1n) is 7.30. The van der Waals surface area contributed by atoms with Gasteiger partial charge in [-0.25, -0.2) is 0 Å². The molecule has 2 aliphatic heterocycles. The van der Waals surface area contributed by atoms with Gasteiger partial charge in [-0.3, -0.25) is 14.9 Å². The van der Waals surface area contributed by atoms with E-state index in [4.69, 9.17) is 0 Å². The minimum absolute atomic E-state index is 0. The van der Waals surface area contributed by atoms with Gasteiger partial charge in [0.25, 0.3) is 5.69 Å². The van der Waals surface area contributed by atoms with Crippen molar-refractivity contribution in [3.05, 3.63) is 39.9 Å². The van der Waals surface area contributed by atoms with Crippen LogP contribution in [0.2, 0.25) is 0 Å². The summed E-state index contributed by atoms with van der Waals surface area (Å²) in [5, 5.41) is 14.1. The van der Waals surface area contributed by atoms with Crippen LogP contribution in [0.1, 0.15) is 18.4 Å². The molecule has 2 saturated heterocycles. The zero-order valence-corrected chi connectivity index (χ0v) is 13.1. The van der Waals surface area contributed by atoms with Crippen molar-refractivity contribution in [2.45, 2.75) is 19.3 Å². The summed E-state index contributed by atoms with van der Waals surface area (Å²) in [6, 6.07) is 6.34. The lowest BCUT2D eigenvalue weighted by Crippen LogP contribution is -2.34. The Kier molecular flexibility index (Phi) is 5.03. The zero-order valence-electron chi connectivity index (χ0n) is 12.3. The highest BCUT2D eigenvalue weighted by molar-refractivity contribution is 5.85. The Balaban J connectivity index is 0.00000176. The summed E-state index contributed by atoms with van der Waals surface area (Å²) in [5.41, 5.74) is 1.01. The number of likely N-dealkylation sites (tertiary alicyclic amines) is 1. The van der Waals surface area contributed by atoms with E-state index in [1.165, 1.54) is 12.1 Å². The van der Waals surface area contributed by atoms with Crippen LogP contribution >= 0.6 is 12.4 Å². The number of amides is 1. The second-order valence-electron chi connectivity index (χ2n) is 6.10. The van der Waals surface area contributed by atoms with E-state index in [0.717, 1.165) is 39.0 Å². The van der Waals surface area contributed by atoms with Crippen molar-refractivity contribution in [1.82, 2.24) is 10.2 Å². The lowest BCUT2D eigenvalue weighted by Gasteiger charge is -2.22. The van der Waals surface area contributed by atoms with E-state index in [1.807, 2.05) is 4.90 Å². The van der Waals surface area contributed by atoms with E-state index in [9.17, 15) is 14.9 Å². The number of nitro benzene ring substituents is 1. The normalized spacial score (nSPS) is 23.5. The fraction of sp³-hybridized carbons (Fsp3) is 0.533. The number of nitrogens with one attached hydrogen (secondary N) is 1. The molecule has 2 heterocycles. The number of carbonyl (C=O) groups excluding carboxylic acids is 1. The molecular formula is C15H20ClN3O3. The molecule has 7 heteroatoms. The minimum Gasteiger partial charge on any atom is -0.342 e. The van der Waals surface area contributed by atoms with Crippen LogP contribution in [-0.2, 0) is 11.2 Å². The molecule has 2 aliphatic rings. The molecule has 0 aliphatic carbocycles. The van der Waals surface area contributed by atoms with Crippen LogP contribution in [0, 0.1) is 15.5 Å². The third-order valence-electron chi connectivity index (χ3n) is 4.60. The maximum atomic E-state index is 12.4. The Labute approximate surface area is 135 Å². The number of rotatable bonds is 3. The smallest absolute Gasteiger partial charge is 0.269 e. The van der Waals surface area contributed by atoms with E-state index in [1.54, 1.807) is 12.1 Å². The molecule has 6 nitrogen and oxygen atoms in total. The molecule has 0 aromatic heterocycles. The van der Waals surface area contributed by atoms with Gasteiger partial charge in [-0.05, 0) is 24.9 Å². The molecule has 1 amide bonds. The van der Waals surface area contributed by atoms with Crippen molar-refractivity contribution in [3.63, 3.8) is 0 Å². The molecule has 0 bridgehead atoms. The summed E-state index contributed by atoms with van der Waals surface area (Å²) < 4.78 is 0. The average molecular weight is 326 g/mol. The predicted octanol–water partition coefficient (Wildman–Crippen LogP) is 1.77. The Morgan fingerprint density at radius 1 is 1.41 bits per heavy atom. The number of hydrogen-bond acceptors (Lipinski definition) is 4. The van der Waals surface area contributed by atoms with Gasteiger partial charge in [0, 0.05) is 37.2 Å². The topological polar surface area (TPSA) is 75.5 Å². The molecule has 1 atom stereocenters. The second-order valence-corrected chi connectivity index (χ2v) is 6.10. The van der Waals surface area contributed by atoms with Crippen LogP contribution in [0.5, 0.6) is 0 Å². The second kappa shape index (κ2) is 6.62. The zero-order chi connectivity index (χ0) is 14.9. The van der Waals surface area contributed by atoms with E-state index in [2.05, 4.69) is 5.32 Å². The highest BCUT2D eigenvalue weighted by atomic mass is 35.5. The van der Waals surface area contributed by atoms with E-state index in [0.29, 0.717) is 5.56 Å². The van der Waals surface area contributed by atoms with Crippen molar-refractivity contribution < 1.29 is 9.72 Å². The number of nitro groups is 1. The molecule has 1 aromatic rings. The number of carbonyl (C=O) groups is 1. The molecule has 1 unspecified atom stereocenters. The molecule has 1 N–H and O–H groups in total. The molecule has 120 valence electrons. The number of hydrogen-bond donors (Lipinski definition) is 1. The first-order chi connectivity index (χ1) is 10.1. The summed E-state index contributed by atoms with van der Waals surface area (Å²) in [6.07, 6.45) is 2.43. The first kappa shape index (κ1) is 16.7. The number of halogens is 1. The highest BCUT2D eigenvalue weighted by Gasteiger charge is 2.41. The minimum atomic E-state index is -0.428. The van der Waals surface area contributed by atoms with Crippen molar-refractivity contribution in [3.8, 4) is 0 Å². The van der Waals surface area contributed by atoms with Crippen molar-refractivity contribution in [1.29, 1.82) is 0 Å². The number of non-ortho nitro benzene ring substituents is 1. The quantitative estimate of drug-likeness (QED) is 0.679. The lowest BCUT2D eigenvalue weighted by molar-refractivity contribution is -0.384. The van der Waals surface area contributed by atoms with Crippen LogP contribution in [-0.4, -0.2) is 41.9 Å². The molecule has 1 aromatic carbocycles. The maximum absolute atomic E-state index is 12.4. The van der Waals surface area contributed by atoms with Gasteiger partial charge < -0.3 is 10.2 Å². The first-order valence-corrected chi connectivity index (χ1v) is 7.30. The van der Waals surface area contributed by atoms with Gasteiger partial charge in [-0.15, -0.1) is 12.4 Å². The van der Waals surface area contributed by atoms with Crippen LogP contribution in [0.4, 0.5) is 5.69 Å². The SMILES string of the molecule is Cl.O=C(Cc1cccc([N+](=O)[O-])c1)N1CCC2(CCNC2)C1. The van der Waals surface area contributed by atoms with Gasteiger partial charge in [0.05, 0.1) is 11.3 Å². The Morgan fingerprint density at radius 2 is 2.23 bits per heavy atom. The molecule has 3 rings (SSSR count). The third-order valence-corrected chi connectivity index (χ3v) is 4.60. The third kappa shape index (κ3) is 3.39. The summed E-state index contributed by atoms with van der Waals surface area (Å²) in [5.74, 6) is 0.0688. The summed E-state index contributed by atoms with van der Waals surface area (Å²) in [7, 11) is 0.